The third-order valence-corrected chi connectivity index (χ3v) is 3.11. The van der Waals surface area contributed by atoms with E-state index in [0.29, 0.717) is 17.0 Å². The summed E-state index contributed by atoms with van der Waals surface area (Å²) in [5.74, 6) is -0.624. The third-order valence-electron chi connectivity index (χ3n) is 3.11. The Bertz CT molecular complexity index is 684. The summed E-state index contributed by atoms with van der Waals surface area (Å²) >= 11 is 0. The summed E-state index contributed by atoms with van der Waals surface area (Å²) in [5.41, 5.74) is 1.78. The number of hydrogen-bond donors (Lipinski definition) is 0. The van der Waals surface area contributed by atoms with Gasteiger partial charge in [0.05, 0.1) is 12.8 Å². The number of hydrogen-bond acceptors (Lipinski definition) is 6. The summed E-state index contributed by atoms with van der Waals surface area (Å²) in [7, 11) is 3.02. The lowest BCUT2D eigenvalue weighted by atomic mass is 10.2. The fraction of sp³-hybridized carbons (Fsp3) is 0.357. The van der Waals surface area contributed by atoms with E-state index in [2.05, 4.69) is 9.84 Å². The zero-order chi connectivity index (χ0) is 15.6. The van der Waals surface area contributed by atoms with Crippen LogP contribution in [-0.4, -0.2) is 28.8 Å². The molecule has 0 saturated heterocycles. The first kappa shape index (κ1) is 14.8. The van der Waals surface area contributed by atoms with E-state index in [9.17, 15) is 9.59 Å². The Labute approximate surface area is 121 Å². The van der Waals surface area contributed by atoms with E-state index in [0.717, 1.165) is 5.69 Å². The van der Waals surface area contributed by atoms with Crippen LogP contribution in [-0.2, 0) is 23.1 Å². The lowest BCUT2D eigenvalue weighted by Gasteiger charge is -2.03. The number of rotatable bonds is 4. The van der Waals surface area contributed by atoms with Gasteiger partial charge in [0, 0.05) is 12.7 Å². The summed E-state index contributed by atoms with van der Waals surface area (Å²) in [6, 6.07) is 3.03. The second kappa shape index (κ2) is 5.82. The van der Waals surface area contributed by atoms with Crippen molar-refractivity contribution in [2.24, 2.45) is 7.05 Å². The van der Waals surface area contributed by atoms with Crippen LogP contribution in [0.2, 0.25) is 0 Å². The van der Waals surface area contributed by atoms with E-state index >= 15 is 0 Å². The average Bonchev–Trinajstić information content (AvgIpc) is 3.01. The van der Waals surface area contributed by atoms with Crippen molar-refractivity contribution >= 4 is 11.9 Å². The van der Waals surface area contributed by atoms with Crippen LogP contribution in [0.5, 0.6) is 0 Å². The van der Waals surface area contributed by atoms with Gasteiger partial charge in [0.2, 0.25) is 5.76 Å². The second-order valence-electron chi connectivity index (χ2n) is 4.50. The zero-order valence-electron chi connectivity index (χ0n) is 12.3. The van der Waals surface area contributed by atoms with Crippen molar-refractivity contribution in [2.75, 3.05) is 7.11 Å². The number of aromatic nitrogens is 2. The quantitative estimate of drug-likeness (QED) is 0.799. The first-order chi connectivity index (χ1) is 9.93. The van der Waals surface area contributed by atoms with Gasteiger partial charge in [0.15, 0.2) is 0 Å². The van der Waals surface area contributed by atoms with Gasteiger partial charge < -0.3 is 13.9 Å². The van der Waals surface area contributed by atoms with Crippen molar-refractivity contribution in [3.05, 3.63) is 40.6 Å². The van der Waals surface area contributed by atoms with Gasteiger partial charge in [-0.15, -0.1) is 0 Å². The minimum absolute atomic E-state index is 0.0659. The fourth-order valence-corrected chi connectivity index (χ4v) is 1.94. The Balaban J connectivity index is 2.04. The van der Waals surface area contributed by atoms with Crippen LogP contribution in [0.1, 0.15) is 38.1 Å². The highest BCUT2D eigenvalue weighted by atomic mass is 16.6. The first-order valence-corrected chi connectivity index (χ1v) is 6.28. The van der Waals surface area contributed by atoms with Crippen molar-refractivity contribution in [2.45, 2.75) is 20.5 Å². The molecule has 0 bridgehead atoms. The Hall–Kier alpha value is -2.57. The van der Waals surface area contributed by atoms with Crippen LogP contribution in [0.4, 0.5) is 0 Å². The van der Waals surface area contributed by atoms with E-state index in [1.165, 1.54) is 13.2 Å². The minimum atomic E-state index is -0.577. The predicted octanol–water partition coefficient (Wildman–Crippen LogP) is 1.77. The van der Waals surface area contributed by atoms with E-state index < -0.39 is 11.9 Å². The molecule has 0 aromatic carbocycles. The molecule has 0 fully saturated rings. The lowest BCUT2D eigenvalue weighted by molar-refractivity contribution is 0.0436. The van der Waals surface area contributed by atoms with Crippen molar-refractivity contribution in [3.8, 4) is 0 Å². The molecule has 7 heteroatoms. The van der Waals surface area contributed by atoms with E-state index in [1.54, 1.807) is 31.6 Å². The van der Waals surface area contributed by atoms with Gasteiger partial charge in [-0.05, 0) is 26.0 Å². The molecule has 2 aromatic heterocycles. The van der Waals surface area contributed by atoms with Gasteiger partial charge in [-0.25, -0.2) is 9.59 Å². The maximum Gasteiger partial charge on any atom is 0.373 e. The monoisotopic (exact) mass is 292 g/mol. The smallest absolute Gasteiger partial charge is 0.373 e. The number of carbonyl (C=O) groups excluding carboxylic acids is 2. The number of furan rings is 1. The molecule has 0 amide bonds. The molecule has 0 unspecified atom stereocenters. The van der Waals surface area contributed by atoms with E-state index in [4.69, 9.17) is 9.15 Å². The van der Waals surface area contributed by atoms with Gasteiger partial charge in [-0.1, -0.05) is 0 Å². The first-order valence-electron chi connectivity index (χ1n) is 6.28. The minimum Gasteiger partial charge on any atom is -0.463 e. The molecule has 2 rings (SSSR count). The van der Waals surface area contributed by atoms with Gasteiger partial charge in [-0.3, -0.25) is 4.68 Å². The highest BCUT2D eigenvalue weighted by molar-refractivity contribution is 5.91. The molecule has 0 saturated carbocycles. The number of aryl methyl sites for hydroxylation is 2. The number of nitrogens with zero attached hydrogens (tertiary/aromatic N) is 2. The summed E-state index contributed by atoms with van der Waals surface area (Å²) in [5, 5.41) is 4.16. The fourth-order valence-electron chi connectivity index (χ4n) is 1.94. The number of ether oxygens (including phenoxy) is 2. The maximum absolute atomic E-state index is 12.1. The molecule has 0 atom stereocenters. The predicted molar refractivity (Wildman–Crippen MR) is 71.8 cm³/mol. The normalized spacial score (nSPS) is 10.5. The summed E-state index contributed by atoms with van der Waals surface area (Å²) in [6.45, 7) is 3.47. The molecule has 112 valence electrons. The van der Waals surface area contributed by atoms with Crippen LogP contribution in [0, 0.1) is 13.8 Å². The average molecular weight is 292 g/mol. The van der Waals surface area contributed by atoms with Crippen molar-refractivity contribution < 1.29 is 23.5 Å². The Morgan fingerprint density at radius 3 is 2.57 bits per heavy atom. The van der Waals surface area contributed by atoms with Crippen LogP contribution < -0.4 is 0 Å². The number of esters is 2. The van der Waals surface area contributed by atoms with E-state index in [1.807, 2.05) is 0 Å². The van der Waals surface area contributed by atoms with Gasteiger partial charge in [0.1, 0.15) is 17.9 Å². The van der Waals surface area contributed by atoms with Crippen LogP contribution in [0.3, 0.4) is 0 Å². The zero-order valence-corrected chi connectivity index (χ0v) is 12.3. The molecule has 2 heterocycles. The summed E-state index contributed by atoms with van der Waals surface area (Å²) < 4.78 is 16.5. The van der Waals surface area contributed by atoms with Crippen LogP contribution in [0.15, 0.2) is 16.5 Å². The Kier molecular flexibility index (Phi) is 4.11. The molecule has 0 N–H and O–H groups in total. The van der Waals surface area contributed by atoms with Crippen molar-refractivity contribution in [1.82, 2.24) is 9.78 Å². The molecule has 7 nitrogen and oxygen atoms in total. The second-order valence-corrected chi connectivity index (χ2v) is 4.50. The standard InChI is InChI=1S/C14H16N2O5/c1-8-12(9(2)16(3)15-8)14(18)20-7-10-5-6-11(21-10)13(17)19-4/h5-6H,7H2,1-4H3. The van der Waals surface area contributed by atoms with Crippen molar-refractivity contribution in [3.63, 3.8) is 0 Å². The molecular weight excluding hydrogens is 276 g/mol. The molecule has 0 spiro atoms. The number of carbonyl (C=O) groups is 2. The van der Waals surface area contributed by atoms with Crippen LogP contribution in [0.25, 0.3) is 0 Å². The summed E-state index contributed by atoms with van der Waals surface area (Å²) in [6.07, 6.45) is 0. The molecule has 21 heavy (non-hydrogen) atoms. The SMILES string of the molecule is COC(=O)c1ccc(COC(=O)c2c(C)nn(C)c2C)o1. The molecule has 0 aliphatic rings. The highest BCUT2D eigenvalue weighted by Gasteiger charge is 2.19. The van der Waals surface area contributed by atoms with Gasteiger partial charge in [-0.2, -0.15) is 5.10 Å². The molecule has 0 aliphatic carbocycles. The highest BCUT2D eigenvalue weighted by Crippen LogP contribution is 2.15. The lowest BCUT2D eigenvalue weighted by Crippen LogP contribution is -2.07. The third kappa shape index (κ3) is 2.96. The Morgan fingerprint density at radius 2 is 2.00 bits per heavy atom. The molecule has 2 aromatic rings. The van der Waals surface area contributed by atoms with Crippen molar-refractivity contribution in [1.29, 1.82) is 0 Å². The molecule has 0 radical (unpaired) electrons. The largest absolute Gasteiger partial charge is 0.463 e. The van der Waals surface area contributed by atoms with Crippen LogP contribution >= 0.6 is 0 Å². The van der Waals surface area contributed by atoms with E-state index in [-0.39, 0.29) is 12.4 Å². The molecule has 0 aliphatic heterocycles. The topological polar surface area (TPSA) is 83.6 Å². The van der Waals surface area contributed by atoms with Gasteiger partial charge in [0.25, 0.3) is 0 Å². The number of methoxy groups -OCH3 is 1. The molecular formula is C14H16N2O5. The maximum atomic E-state index is 12.1. The van der Waals surface area contributed by atoms with Gasteiger partial charge >= 0.3 is 11.9 Å². The Morgan fingerprint density at radius 1 is 1.29 bits per heavy atom. The summed E-state index contributed by atoms with van der Waals surface area (Å²) in [4.78, 5) is 23.3.